The molecule has 2 rings (SSSR count). The van der Waals surface area contributed by atoms with Crippen LogP contribution in [0.3, 0.4) is 0 Å². The number of nitrogens with zero attached hydrogens (tertiary/aromatic N) is 2. The molecule has 0 aliphatic heterocycles. The van der Waals surface area contributed by atoms with E-state index in [9.17, 15) is 0 Å². The fourth-order valence-electron chi connectivity index (χ4n) is 1.99. The van der Waals surface area contributed by atoms with Gasteiger partial charge >= 0.3 is 0 Å². The molecule has 1 fully saturated rings. The highest BCUT2D eigenvalue weighted by atomic mass is 35.5. The van der Waals surface area contributed by atoms with Gasteiger partial charge in [-0.05, 0) is 31.1 Å². The third-order valence-electron chi connectivity index (χ3n) is 3.25. The Morgan fingerprint density at radius 3 is 2.88 bits per heavy atom. The molecule has 94 valence electrons. The predicted octanol–water partition coefficient (Wildman–Crippen LogP) is 3.54. The smallest absolute Gasteiger partial charge is 0.134 e. The number of nitrogens with one attached hydrogen (secondary N) is 1. The van der Waals surface area contributed by atoms with Crippen molar-refractivity contribution in [2.45, 2.75) is 39.5 Å². The van der Waals surface area contributed by atoms with Crippen LogP contribution in [-0.2, 0) is 6.42 Å². The zero-order valence-corrected chi connectivity index (χ0v) is 11.3. The van der Waals surface area contributed by atoms with E-state index < -0.39 is 0 Å². The lowest BCUT2D eigenvalue weighted by Crippen LogP contribution is -2.14. The second-order valence-electron chi connectivity index (χ2n) is 4.94. The van der Waals surface area contributed by atoms with Crippen LogP contribution in [0.2, 0.25) is 5.15 Å². The molecule has 0 amide bonds. The Morgan fingerprint density at radius 2 is 2.24 bits per heavy atom. The molecule has 17 heavy (non-hydrogen) atoms. The van der Waals surface area contributed by atoms with E-state index in [0.717, 1.165) is 42.9 Å². The van der Waals surface area contributed by atoms with Crippen LogP contribution in [0.15, 0.2) is 6.07 Å². The number of aromatic nitrogens is 2. The van der Waals surface area contributed by atoms with E-state index in [0.29, 0.717) is 5.15 Å². The van der Waals surface area contributed by atoms with Crippen molar-refractivity contribution in [3.63, 3.8) is 0 Å². The summed E-state index contributed by atoms with van der Waals surface area (Å²) in [6.45, 7) is 5.39. The van der Waals surface area contributed by atoms with E-state index in [-0.39, 0.29) is 0 Å². The van der Waals surface area contributed by atoms with Gasteiger partial charge in [0.25, 0.3) is 0 Å². The van der Waals surface area contributed by atoms with E-state index in [4.69, 9.17) is 11.6 Å². The van der Waals surface area contributed by atoms with Crippen molar-refractivity contribution in [3.05, 3.63) is 17.0 Å². The van der Waals surface area contributed by atoms with Gasteiger partial charge in [0.2, 0.25) is 0 Å². The first kappa shape index (κ1) is 12.6. The van der Waals surface area contributed by atoms with E-state index in [1.54, 1.807) is 6.07 Å². The Bertz CT molecular complexity index is 377. The molecule has 1 atom stereocenters. The summed E-state index contributed by atoms with van der Waals surface area (Å²) in [5.41, 5.74) is 0. The molecule has 3 nitrogen and oxygen atoms in total. The van der Waals surface area contributed by atoms with Crippen LogP contribution < -0.4 is 5.32 Å². The fraction of sp³-hybridized carbons (Fsp3) is 0.692. The summed E-state index contributed by atoms with van der Waals surface area (Å²) in [5.74, 6) is 3.33. The summed E-state index contributed by atoms with van der Waals surface area (Å²) in [7, 11) is 0. The molecule has 1 aromatic rings. The van der Waals surface area contributed by atoms with Gasteiger partial charge < -0.3 is 5.32 Å². The third kappa shape index (κ3) is 3.84. The van der Waals surface area contributed by atoms with Gasteiger partial charge in [-0.2, -0.15) is 0 Å². The number of hydrogen-bond donors (Lipinski definition) is 1. The molecule has 1 aliphatic rings. The maximum atomic E-state index is 5.98. The van der Waals surface area contributed by atoms with Crippen molar-refractivity contribution in [1.29, 1.82) is 0 Å². The Balaban J connectivity index is 1.94. The Kier molecular flexibility index (Phi) is 4.21. The van der Waals surface area contributed by atoms with Gasteiger partial charge in [-0.15, -0.1) is 0 Å². The van der Waals surface area contributed by atoms with Crippen molar-refractivity contribution in [2.75, 3.05) is 11.9 Å². The first-order chi connectivity index (χ1) is 8.19. The largest absolute Gasteiger partial charge is 0.370 e. The first-order valence-corrected chi connectivity index (χ1v) is 6.84. The van der Waals surface area contributed by atoms with Crippen LogP contribution in [0.25, 0.3) is 0 Å². The zero-order chi connectivity index (χ0) is 12.3. The lowest BCUT2D eigenvalue weighted by molar-refractivity contribution is 0.535. The van der Waals surface area contributed by atoms with Gasteiger partial charge in [0.15, 0.2) is 0 Å². The molecule has 1 aliphatic carbocycles. The second-order valence-corrected chi connectivity index (χ2v) is 5.32. The molecule has 1 heterocycles. The minimum Gasteiger partial charge on any atom is -0.370 e. The van der Waals surface area contributed by atoms with Gasteiger partial charge in [0.05, 0.1) is 0 Å². The van der Waals surface area contributed by atoms with Crippen molar-refractivity contribution in [1.82, 2.24) is 9.97 Å². The molecule has 0 radical (unpaired) electrons. The Morgan fingerprint density at radius 1 is 1.47 bits per heavy atom. The van der Waals surface area contributed by atoms with Gasteiger partial charge in [0, 0.05) is 19.0 Å². The Hall–Kier alpha value is -0.830. The molecule has 0 spiro atoms. The standard InChI is InChI=1S/C13H20ClN3/c1-3-4-12-16-11(14)7-13(17-12)15-8-9(2)10-5-6-10/h7,9-10H,3-6,8H2,1-2H3,(H,15,16,17). The van der Waals surface area contributed by atoms with Gasteiger partial charge in [-0.25, -0.2) is 9.97 Å². The van der Waals surface area contributed by atoms with Crippen molar-refractivity contribution in [3.8, 4) is 0 Å². The summed E-state index contributed by atoms with van der Waals surface area (Å²) in [5, 5.41) is 3.90. The zero-order valence-electron chi connectivity index (χ0n) is 10.5. The highest BCUT2D eigenvalue weighted by molar-refractivity contribution is 6.29. The average molecular weight is 254 g/mol. The van der Waals surface area contributed by atoms with Crippen molar-refractivity contribution >= 4 is 17.4 Å². The lowest BCUT2D eigenvalue weighted by Gasteiger charge is -2.12. The van der Waals surface area contributed by atoms with E-state index >= 15 is 0 Å². The van der Waals surface area contributed by atoms with Crippen LogP contribution in [0.5, 0.6) is 0 Å². The topological polar surface area (TPSA) is 37.8 Å². The highest BCUT2D eigenvalue weighted by Gasteiger charge is 2.27. The maximum Gasteiger partial charge on any atom is 0.134 e. The molecule has 0 saturated heterocycles. The van der Waals surface area contributed by atoms with E-state index in [1.165, 1.54) is 12.8 Å². The molecule has 1 N–H and O–H groups in total. The predicted molar refractivity (Wildman–Crippen MR) is 71.4 cm³/mol. The minimum atomic E-state index is 0.532. The Labute approximate surface area is 108 Å². The number of hydrogen-bond acceptors (Lipinski definition) is 3. The summed E-state index contributed by atoms with van der Waals surface area (Å²) in [6, 6.07) is 1.81. The van der Waals surface area contributed by atoms with E-state index in [1.807, 2.05) is 0 Å². The highest BCUT2D eigenvalue weighted by Crippen LogP contribution is 2.36. The van der Waals surface area contributed by atoms with Crippen molar-refractivity contribution in [2.24, 2.45) is 11.8 Å². The van der Waals surface area contributed by atoms with Crippen LogP contribution in [0, 0.1) is 11.8 Å². The van der Waals surface area contributed by atoms with Gasteiger partial charge in [-0.1, -0.05) is 25.4 Å². The quantitative estimate of drug-likeness (QED) is 0.788. The molecule has 1 aromatic heterocycles. The monoisotopic (exact) mass is 253 g/mol. The molecule has 0 bridgehead atoms. The lowest BCUT2D eigenvalue weighted by atomic mass is 10.1. The minimum absolute atomic E-state index is 0.532. The molecule has 0 aromatic carbocycles. The van der Waals surface area contributed by atoms with Crippen LogP contribution in [-0.4, -0.2) is 16.5 Å². The molecular formula is C13H20ClN3. The molecule has 1 saturated carbocycles. The molecule has 1 unspecified atom stereocenters. The van der Waals surface area contributed by atoms with Gasteiger partial charge in [-0.3, -0.25) is 0 Å². The van der Waals surface area contributed by atoms with Crippen molar-refractivity contribution < 1.29 is 0 Å². The van der Waals surface area contributed by atoms with Crippen LogP contribution >= 0.6 is 11.6 Å². The molecular weight excluding hydrogens is 234 g/mol. The summed E-state index contributed by atoms with van der Waals surface area (Å²) in [6.07, 6.45) is 4.69. The van der Waals surface area contributed by atoms with Gasteiger partial charge in [0.1, 0.15) is 16.8 Å². The summed E-state index contributed by atoms with van der Waals surface area (Å²) < 4.78 is 0. The summed E-state index contributed by atoms with van der Waals surface area (Å²) >= 11 is 5.98. The number of anilines is 1. The second kappa shape index (κ2) is 5.67. The average Bonchev–Trinajstić information content (AvgIpc) is 3.09. The number of aryl methyl sites for hydroxylation is 1. The number of rotatable bonds is 6. The first-order valence-electron chi connectivity index (χ1n) is 6.46. The maximum absolute atomic E-state index is 5.98. The third-order valence-corrected chi connectivity index (χ3v) is 3.44. The SMILES string of the molecule is CCCc1nc(Cl)cc(NCC(C)C2CC2)n1. The molecule has 4 heteroatoms. The normalized spacial score (nSPS) is 16.9. The van der Waals surface area contributed by atoms with Crippen LogP contribution in [0.4, 0.5) is 5.82 Å². The number of halogens is 1. The fourth-order valence-corrected chi connectivity index (χ4v) is 2.19. The summed E-state index contributed by atoms with van der Waals surface area (Å²) in [4.78, 5) is 8.68. The van der Waals surface area contributed by atoms with Crippen LogP contribution in [0.1, 0.15) is 38.9 Å². The van der Waals surface area contributed by atoms with E-state index in [2.05, 4.69) is 29.1 Å².